The van der Waals surface area contributed by atoms with Crippen LogP contribution in [0.25, 0.3) is 10.8 Å². The van der Waals surface area contributed by atoms with E-state index in [1.807, 2.05) is 7.05 Å². The molecule has 0 atom stereocenters. The zero-order valence-electron chi connectivity index (χ0n) is 13.3. The van der Waals surface area contributed by atoms with Gasteiger partial charge in [0.05, 0.1) is 0 Å². The monoisotopic (exact) mass is 295 g/mol. The van der Waals surface area contributed by atoms with Gasteiger partial charge in [-0.1, -0.05) is 55.3 Å². The van der Waals surface area contributed by atoms with E-state index in [0.29, 0.717) is 6.04 Å². The summed E-state index contributed by atoms with van der Waals surface area (Å²) in [5.41, 5.74) is 1.39. The highest BCUT2D eigenvalue weighted by atomic mass is 15.2. The molecule has 2 aromatic carbocycles. The average Bonchev–Trinajstić information content (AvgIpc) is 3.07. The van der Waals surface area contributed by atoms with E-state index >= 15 is 0 Å². The number of fused-ring (bicyclic) bond motifs is 1. The van der Waals surface area contributed by atoms with Crippen molar-refractivity contribution >= 4 is 16.7 Å². The number of hydrogen-bond acceptors (Lipinski definition) is 1. The first-order valence-corrected chi connectivity index (χ1v) is 8.30. The van der Waals surface area contributed by atoms with Crippen LogP contribution in [-0.2, 0) is 6.42 Å². The van der Waals surface area contributed by atoms with E-state index in [1.165, 1.54) is 42.0 Å². The predicted octanol–water partition coefficient (Wildman–Crippen LogP) is 3.49. The molecule has 0 aliphatic heterocycles. The minimum atomic E-state index is 0.601. The number of rotatable bonds is 4. The fourth-order valence-electron chi connectivity index (χ4n) is 3.28. The first-order chi connectivity index (χ1) is 10.9. The van der Waals surface area contributed by atoms with Crippen molar-refractivity contribution in [2.75, 3.05) is 13.6 Å². The van der Waals surface area contributed by atoms with Gasteiger partial charge in [0.15, 0.2) is 5.96 Å². The van der Waals surface area contributed by atoms with Crippen LogP contribution in [0.1, 0.15) is 31.2 Å². The Kier molecular flexibility index (Phi) is 4.94. The number of hydrogen-bond donors (Lipinski definition) is 2. The standard InChI is InChI=1S/C19H25N3/c1-20-19(22-17-10-3-4-11-17)21-14-13-16-9-6-8-15-7-2-5-12-18(15)16/h2,5-9,12,17H,3-4,10-11,13-14H2,1H3,(H2,20,21,22). The second-order valence-corrected chi connectivity index (χ2v) is 6.01. The van der Waals surface area contributed by atoms with Crippen LogP contribution in [0.4, 0.5) is 0 Å². The molecule has 3 heteroatoms. The van der Waals surface area contributed by atoms with Crippen LogP contribution in [0.5, 0.6) is 0 Å². The van der Waals surface area contributed by atoms with Crippen molar-refractivity contribution < 1.29 is 0 Å². The smallest absolute Gasteiger partial charge is 0.191 e. The molecule has 116 valence electrons. The Hall–Kier alpha value is -2.03. The fraction of sp³-hybridized carbons (Fsp3) is 0.421. The van der Waals surface area contributed by atoms with Gasteiger partial charge < -0.3 is 10.6 Å². The second kappa shape index (κ2) is 7.30. The first-order valence-electron chi connectivity index (χ1n) is 8.30. The van der Waals surface area contributed by atoms with Crippen LogP contribution < -0.4 is 10.6 Å². The molecule has 0 heterocycles. The summed E-state index contributed by atoms with van der Waals surface area (Å²) in [6, 6.07) is 15.7. The molecule has 3 nitrogen and oxygen atoms in total. The molecular formula is C19H25N3. The highest BCUT2D eigenvalue weighted by Crippen LogP contribution is 2.19. The van der Waals surface area contributed by atoms with E-state index in [0.717, 1.165) is 18.9 Å². The molecule has 0 bridgehead atoms. The fourth-order valence-corrected chi connectivity index (χ4v) is 3.28. The van der Waals surface area contributed by atoms with Crippen LogP contribution in [-0.4, -0.2) is 25.6 Å². The van der Waals surface area contributed by atoms with E-state index in [9.17, 15) is 0 Å². The topological polar surface area (TPSA) is 36.4 Å². The Bertz CT molecular complexity index is 637. The number of aliphatic imine (C=N–C) groups is 1. The Balaban J connectivity index is 1.57. The summed E-state index contributed by atoms with van der Waals surface area (Å²) < 4.78 is 0. The molecule has 0 unspecified atom stereocenters. The molecule has 0 radical (unpaired) electrons. The van der Waals surface area contributed by atoms with Gasteiger partial charge in [-0.05, 0) is 35.6 Å². The van der Waals surface area contributed by atoms with E-state index in [2.05, 4.69) is 58.1 Å². The number of benzene rings is 2. The SMILES string of the molecule is CN=C(NCCc1cccc2ccccc12)NC1CCCC1. The van der Waals surface area contributed by atoms with Gasteiger partial charge in [0.1, 0.15) is 0 Å². The quantitative estimate of drug-likeness (QED) is 0.669. The van der Waals surface area contributed by atoms with Crippen molar-refractivity contribution in [3.63, 3.8) is 0 Å². The van der Waals surface area contributed by atoms with Gasteiger partial charge in [0, 0.05) is 19.6 Å². The van der Waals surface area contributed by atoms with Crippen molar-refractivity contribution in [2.24, 2.45) is 4.99 Å². The van der Waals surface area contributed by atoms with Crippen LogP contribution in [0.3, 0.4) is 0 Å². The largest absolute Gasteiger partial charge is 0.356 e. The highest BCUT2D eigenvalue weighted by molar-refractivity contribution is 5.85. The molecule has 0 spiro atoms. The molecule has 1 aliphatic carbocycles. The van der Waals surface area contributed by atoms with Gasteiger partial charge in [-0.2, -0.15) is 0 Å². The summed E-state index contributed by atoms with van der Waals surface area (Å²) in [5, 5.41) is 9.64. The third kappa shape index (κ3) is 3.59. The maximum absolute atomic E-state index is 4.34. The molecule has 1 saturated carbocycles. The van der Waals surface area contributed by atoms with E-state index in [1.54, 1.807) is 0 Å². The van der Waals surface area contributed by atoms with Crippen molar-refractivity contribution in [2.45, 2.75) is 38.1 Å². The van der Waals surface area contributed by atoms with E-state index in [4.69, 9.17) is 0 Å². The molecular weight excluding hydrogens is 270 g/mol. The van der Waals surface area contributed by atoms with Crippen LogP contribution in [0, 0.1) is 0 Å². The number of nitrogens with one attached hydrogen (secondary N) is 2. The van der Waals surface area contributed by atoms with Gasteiger partial charge in [-0.25, -0.2) is 0 Å². The molecule has 0 aromatic heterocycles. The predicted molar refractivity (Wildman–Crippen MR) is 94.4 cm³/mol. The van der Waals surface area contributed by atoms with Gasteiger partial charge in [-0.3, -0.25) is 4.99 Å². The second-order valence-electron chi connectivity index (χ2n) is 6.01. The lowest BCUT2D eigenvalue weighted by atomic mass is 10.0. The lowest BCUT2D eigenvalue weighted by molar-refractivity contribution is 0.613. The zero-order valence-corrected chi connectivity index (χ0v) is 13.3. The summed E-state index contributed by atoms with van der Waals surface area (Å²) >= 11 is 0. The molecule has 1 aliphatic rings. The van der Waals surface area contributed by atoms with Crippen molar-refractivity contribution in [1.29, 1.82) is 0 Å². The minimum Gasteiger partial charge on any atom is -0.356 e. The first kappa shape index (κ1) is 14.9. The summed E-state index contributed by atoms with van der Waals surface area (Å²) in [6.07, 6.45) is 6.22. The van der Waals surface area contributed by atoms with Crippen molar-refractivity contribution in [3.05, 3.63) is 48.0 Å². The molecule has 0 saturated heterocycles. The van der Waals surface area contributed by atoms with Gasteiger partial charge in [0.25, 0.3) is 0 Å². The van der Waals surface area contributed by atoms with Gasteiger partial charge in [-0.15, -0.1) is 0 Å². The number of guanidine groups is 1. The van der Waals surface area contributed by atoms with Crippen LogP contribution >= 0.6 is 0 Å². The number of nitrogens with zero attached hydrogens (tertiary/aromatic N) is 1. The van der Waals surface area contributed by atoms with E-state index < -0.39 is 0 Å². The van der Waals surface area contributed by atoms with Crippen molar-refractivity contribution in [1.82, 2.24) is 10.6 Å². The summed E-state index contributed by atoms with van der Waals surface area (Å²) in [7, 11) is 1.85. The maximum Gasteiger partial charge on any atom is 0.191 e. The molecule has 1 fully saturated rings. The van der Waals surface area contributed by atoms with Gasteiger partial charge in [0.2, 0.25) is 0 Å². The van der Waals surface area contributed by atoms with Crippen LogP contribution in [0.15, 0.2) is 47.5 Å². The van der Waals surface area contributed by atoms with Crippen molar-refractivity contribution in [3.8, 4) is 0 Å². The Morgan fingerprint density at radius 1 is 1.09 bits per heavy atom. The van der Waals surface area contributed by atoms with Gasteiger partial charge >= 0.3 is 0 Å². The highest BCUT2D eigenvalue weighted by Gasteiger charge is 2.15. The average molecular weight is 295 g/mol. The lowest BCUT2D eigenvalue weighted by Gasteiger charge is -2.17. The lowest BCUT2D eigenvalue weighted by Crippen LogP contribution is -2.43. The molecule has 2 aromatic rings. The normalized spacial score (nSPS) is 16.1. The Morgan fingerprint density at radius 2 is 1.86 bits per heavy atom. The Labute approximate surface area is 132 Å². The minimum absolute atomic E-state index is 0.601. The third-order valence-electron chi connectivity index (χ3n) is 4.49. The Morgan fingerprint density at radius 3 is 2.68 bits per heavy atom. The zero-order chi connectivity index (χ0) is 15.2. The third-order valence-corrected chi connectivity index (χ3v) is 4.49. The summed E-state index contributed by atoms with van der Waals surface area (Å²) in [4.78, 5) is 4.34. The molecule has 2 N–H and O–H groups in total. The molecule has 22 heavy (non-hydrogen) atoms. The molecule has 0 amide bonds. The maximum atomic E-state index is 4.34. The molecule has 3 rings (SSSR count). The van der Waals surface area contributed by atoms with E-state index in [-0.39, 0.29) is 0 Å². The summed E-state index contributed by atoms with van der Waals surface area (Å²) in [5.74, 6) is 0.937. The summed E-state index contributed by atoms with van der Waals surface area (Å²) in [6.45, 7) is 0.903. The van der Waals surface area contributed by atoms with Crippen LogP contribution in [0.2, 0.25) is 0 Å².